The summed E-state index contributed by atoms with van der Waals surface area (Å²) in [6.45, 7) is 2.13. The van der Waals surface area contributed by atoms with Gasteiger partial charge in [0.25, 0.3) is 5.91 Å². The van der Waals surface area contributed by atoms with E-state index in [0.29, 0.717) is 11.3 Å². The van der Waals surface area contributed by atoms with Crippen molar-refractivity contribution < 1.29 is 18.7 Å². The number of nitrogens with one attached hydrogen (secondary N) is 1. The van der Waals surface area contributed by atoms with Crippen molar-refractivity contribution in [2.24, 2.45) is 11.7 Å². The third-order valence-electron chi connectivity index (χ3n) is 2.29. The van der Waals surface area contributed by atoms with Crippen molar-refractivity contribution in [3.63, 3.8) is 0 Å². The van der Waals surface area contributed by atoms with E-state index >= 15 is 0 Å². The highest BCUT2D eigenvalue weighted by molar-refractivity contribution is 5.94. The summed E-state index contributed by atoms with van der Waals surface area (Å²) in [6.07, 6.45) is 1.33. The second-order valence-electron chi connectivity index (χ2n) is 3.64. The third kappa shape index (κ3) is 4.38. The van der Waals surface area contributed by atoms with Gasteiger partial charge in [0, 0.05) is 6.54 Å². The van der Waals surface area contributed by atoms with Crippen LogP contribution in [0.2, 0.25) is 0 Å². The molecule has 102 valence electrons. The van der Waals surface area contributed by atoms with Gasteiger partial charge < -0.3 is 20.2 Å². The quantitative estimate of drug-likeness (QED) is 0.772. The van der Waals surface area contributed by atoms with Crippen LogP contribution in [0.15, 0.2) is 16.7 Å². The molecule has 18 heavy (non-hydrogen) atoms. The van der Waals surface area contributed by atoms with E-state index in [0.717, 1.165) is 0 Å². The molecule has 0 saturated heterocycles. The molecule has 1 aromatic heterocycles. The first kappa shape index (κ1) is 16.5. The van der Waals surface area contributed by atoms with Crippen molar-refractivity contribution in [3.05, 3.63) is 23.7 Å². The number of amides is 1. The Hall–Kier alpha value is -1.53. The predicted molar refractivity (Wildman–Crippen MR) is 67.4 cm³/mol. The van der Waals surface area contributed by atoms with E-state index < -0.39 is 0 Å². The second kappa shape index (κ2) is 7.73. The Labute approximate surface area is 111 Å². The molecule has 0 aromatic carbocycles. The minimum Gasteiger partial charge on any atom is -0.469 e. The van der Waals surface area contributed by atoms with Gasteiger partial charge in [0.05, 0.1) is 25.1 Å². The minimum atomic E-state index is -0.384. The number of carbonyl (C=O) groups excluding carboxylic acids is 2. The van der Waals surface area contributed by atoms with Crippen molar-refractivity contribution in [3.8, 4) is 0 Å². The average Bonchev–Trinajstić information content (AvgIpc) is 2.83. The molecule has 0 radical (unpaired) electrons. The lowest BCUT2D eigenvalue weighted by molar-refractivity contribution is -0.144. The predicted octanol–water partition coefficient (Wildman–Crippen LogP) is 0.699. The first-order valence-corrected chi connectivity index (χ1v) is 5.22. The number of carbonyl (C=O) groups is 2. The monoisotopic (exact) mass is 276 g/mol. The fourth-order valence-corrected chi connectivity index (χ4v) is 1.24. The maximum absolute atomic E-state index is 11.6. The Balaban J connectivity index is 0.00000289. The number of furan rings is 1. The highest BCUT2D eigenvalue weighted by Gasteiger charge is 2.15. The molecule has 1 heterocycles. The molecule has 3 N–H and O–H groups in total. The topological polar surface area (TPSA) is 94.6 Å². The Bertz CT molecular complexity index is 406. The number of ether oxygens (including phenoxy) is 1. The van der Waals surface area contributed by atoms with Gasteiger partial charge in [0.2, 0.25) is 0 Å². The van der Waals surface area contributed by atoms with Gasteiger partial charge in [-0.1, -0.05) is 6.92 Å². The summed E-state index contributed by atoms with van der Waals surface area (Å²) in [5.41, 5.74) is 5.75. The number of hydrogen-bond acceptors (Lipinski definition) is 5. The largest absolute Gasteiger partial charge is 0.469 e. The number of methoxy groups -OCH3 is 1. The van der Waals surface area contributed by atoms with Crippen LogP contribution in [-0.2, 0) is 16.1 Å². The van der Waals surface area contributed by atoms with Crippen molar-refractivity contribution >= 4 is 24.3 Å². The molecule has 7 heteroatoms. The summed E-state index contributed by atoms with van der Waals surface area (Å²) in [5, 5.41) is 2.61. The fourth-order valence-electron chi connectivity index (χ4n) is 1.24. The van der Waals surface area contributed by atoms with E-state index in [4.69, 9.17) is 10.2 Å². The van der Waals surface area contributed by atoms with E-state index in [9.17, 15) is 9.59 Å². The van der Waals surface area contributed by atoms with Crippen LogP contribution in [0.4, 0.5) is 0 Å². The first-order chi connectivity index (χ1) is 8.08. The number of nitrogens with two attached hydrogens (primary N) is 1. The molecule has 0 bridgehead atoms. The van der Waals surface area contributed by atoms with Crippen molar-refractivity contribution in [2.45, 2.75) is 13.5 Å². The van der Waals surface area contributed by atoms with Gasteiger partial charge in [-0.05, 0) is 6.07 Å². The van der Waals surface area contributed by atoms with Crippen LogP contribution >= 0.6 is 12.4 Å². The lowest BCUT2D eigenvalue weighted by atomic mass is 10.2. The maximum atomic E-state index is 11.6. The van der Waals surface area contributed by atoms with Crippen LogP contribution in [-0.4, -0.2) is 25.5 Å². The number of rotatable bonds is 5. The molecular weight excluding hydrogens is 260 g/mol. The maximum Gasteiger partial charge on any atom is 0.310 e. The molecule has 0 fully saturated rings. The fraction of sp³-hybridized carbons (Fsp3) is 0.455. The van der Waals surface area contributed by atoms with Crippen molar-refractivity contribution in [1.29, 1.82) is 0 Å². The molecule has 6 nitrogen and oxygen atoms in total. The van der Waals surface area contributed by atoms with Crippen LogP contribution in [0.25, 0.3) is 0 Å². The highest BCUT2D eigenvalue weighted by atomic mass is 35.5. The highest BCUT2D eigenvalue weighted by Crippen LogP contribution is 2.07. The zero-order valence-corrected chi connectivity index (χ0v) is 11.1. The van der Waals surface area contributed by atoms with Crippen molar-refractivity contribution in [2.75, 3.05) is 13.7 Å². The zero-order valence-electron chi connectivity index (χ0n) is 10.3. The standard InChI is InChI=1S/C11H16N2O4.ClH/c1-7(11(15)16-2)5-13-10(14)8-3-9(4-12)17-6-8;/h3,6-7H,4-5,12H2,1-2H3,(H,13,14);1H. The van der Waals surface area contributed by atoms with Gasteiger partial charge in [-0.2, -0.15) is 0 Å². The molecule has 0 aliphatic heterocycles. The summed E-state index contributed by atoms with van der Waals surface area (Å²) >= 11 is 0. The number of hydrogen-bond donors (Lipinski definition) is 2. The molecular formula is C11H17ClN2O4. The summed E-state index contributed by atoms with van der Waals surface area (Å²) in [6, 6.07) is 1.57. The SMILES string of the molecule is COC(=O)C(C)CNC(=O)c1coc(CN)c1.Cl. The summed E-state index contributed by atoms with van der Waals surface area (Å²) in [5.74, 6) is -0.509. The van der Waals surface area contributed by atoms with Gasteiger partial charge in [-0.3, -0.25) is 9.59 Å². The third-order valence-corrected chi connectivity index (χ3v) is 2.29. The van der Waals surface area contributed by atoms with E-state index in [1.165, 1.54) is 13.4 Å². The molecule has 1 unspecified atom stereocenters. The molecule has 0 aliphatic carbocycles. The van der Waals surface area contributed by atoms with Crippen LogP contribution in [0.3, 0.4) is 0 Å². The lowest BCUT2D eigenvalue weighted by Gasteiger charge is -2.09. The molecule has 1 aromatic rings. The van der Waals surface area contributed by atoms with Gasteiger partial charge in [-0.25, -0.2) is 0 Å². The van der Waals surface area contributed by atoms with E-state index in [-0.39, 0.29) is 43.3 Å². The van der Waals surface area contributed by atoms with Gasteiger partial charge in [-0.15, -0.1) is 12.4 Å². The number of esters is 1. The van der Waals surface area contributed by atoms with E-state index in [2.05, 4.69) is 10.1 Å². The lowest BCUT2D eigenvalue weighted by Crippen LogP contribution is -2.31. The van der Waals surface area contributed by atoms with Gasteiger partial charge >= 0.3 is 5.97 Å². The van der Waals surface area contributed by atoms with Crippen LogP contribution in [0.5, 0.6) is 0 Å². The molecule has 1 rings (SSSR count). The summed E-state index contributed by atoms with van der Waals surface area (Å²) in [7, 11) is 1.31. The van der Waals surface area contributed by atoms with Crippen LogP contribution < -0.4 is 11.1 Å². The molecule has 1 amide bonds. The van der Waals surface area contributed by atoms with Crippen LogP contribution in [0, 0.1) is 5.92 Å². The van der Waals surface area contributed by atoms with E-state index in [1.54, 1.807) is 13.0 Å². The Morgan fingerprint density at radius 2 is 2.22 bits per heavy atom. The molecule has 0 saturated carbocycles. The van der Waals surface area contributed by atoms with Crippen LogP contribution in [0.1, 0.15) is 23.0 Å². The van der Waals surface area contributed by atoms with Gasteiger partial charge in [0.1, 0.15) is 12.0 Å². The van der Waals surface area contributed by atoms with Crippen molar-refractivity contribution in [1.82, 2.24) is 5.32 Å². The molecule has 0 aliphatic rings. The average molecular weight is 277 g/mol. The Morgan fingerprint density at radius 3 is 2.72 bits per heavy atom. The normalized spacial score (nSPS) is 11.3. The van der Waals surface area contributed by atoms with E-state index in [1.807, 2.05) is 0 Å². The second-order valence-corrected chi connectivity index (χ2v) is 3.64. The number of halogens is 1. The minimum absolute atomic E-state index is 0. The Morgan fingerprint density at radius 1 is 1.56 bits per heavy atom. The Kier molecular flexibility index (Phi) is 7.07. The van der Waals surface area contributed by atoms with Gasteiger partial charge in [0.15, 0.2) is 0 Å². The summed E-state index contributed by atoms with van der Waals surface area (Å²) < 4.78 is 9.58. The first-order valence-electron chi connectivity index (χ1n) is 5.22. The zero-order chi connectivity index (χ0) is 12.8. The molecule has 0 spiro atoms. The summed E-state index contributed by atoms with van der Waals surface area (Å²) in [4.78, 5) is 22.7. The molecule has 1 atom stereocenters. The smallest absolute Gasteiger partial charge is 0.310 e.